The summed E-state index contributed by atoms with van der Waals surface area (Å²) in [6.07, 6.45) is 10.6. The van der Waals surface area contributed by atoms with Crippen LogP contribution in [0.25, 0.3) is 0 Å². The zero-order valence-corrected chi connectivity index (χ0v) is 22.0. The fraction of sp³-hybridized carbons (Fsp3) is 1.00. The van der Waals surface area contributed by atoms with E-state index < -0.39 is 0 Å². The highest BCUT2D eigenvalue weighted by atomic mass is 31.1. The first kappa shape index (κ1) is 30.6. The van der Waals surface area contributed by atoms with Crippen molar-refractivity contribution in [2.75, 3.05) is 64.2 Å². The molecule has 0 saturated carbocycles. The van der Waals surface area contributed by atoms with E-state index in [1.165, 1.54) is 24.9 Å². The fourth-order valence-corrected chi connectivity index (χ4v) is 5.49. The molecule has 3 unspecified atom stereocenters. The molecule has 0 aliphatic rings. The monoisotopic (exact) mass is 469 g/mol. The van der Waals surface area contributed by atoms with Crippen LogP contribution < -0.4 is 5.73 Å². The first-order valence-electron chi connectivity index (χ1n) is 11.9. The zero-order chi connectivity index (χ0) is 22.3. The summed E-state index contributed by atoms with van der Waals surface area (Å²) in [5.74, 6) is 0. The summed E-state index contributed by atoms with van der Waals surface area (Å²) >= 11 is 0. The highest BCUT2D eigenvalue weighted by molar-refractivity contribution is 7.38. The number of ether oxygens (including phenoxy) is 5. The van der Waals surface area contributed by atoms with Gasteiger partial charge in [0.15, 0.2) is 12.6 Å². The van der Waals surface area contributed by atoms with Crippen LogP contribution in [0, 0.1) is 0 Å². The van der Waals surface area contributed by atoms with Gasteiger partial charge in [-0.1, -0.05) is 0 Å². The molecule has 0 saturated heterocycles. The average Bonchev–Trinajstić information content (AvgIpc) is 2.74. The van der Waals surface area contributed by atoms with Crippen LogP contribution in [0.5, 0.6) is 0 Å². The predicted octanol–water partition coefficient (Wildman–Crippen LogP) is 4.44. The standard InChI is InChI=1S/C22H49NO5P2/c1-5-24-21(25-6-2)12-18-29-16-9-10-20(28-15-14-23)11-17-30-19-13-22(26-7-3)27-8-4/h20-22,29-30H,5-19,23H2,1-4H3. The minimum Gasteiger partial charge on any atom is -0.377 e. The third-order valence-corrected chi connectivity index (χ3v) is 7.15. The molecule has 3 atom stereocenters. The van der Waals surface area contributed by atoms with Crippen molar-refractivity contribution in [3.63, 3.8) is 0 Å². The van der Waals surface area contributed by atoms with Gasteiger partial charge in [0.1, 0.15) is 0 Å². The normalized spacial score (nSPS) is 13.7. The number of hydrogen-bond donors (Lipinski definition) is 1. The lowest BCUT2D eigenvalue weighted by atomic mass is 10.1. The molecule has 0 aliphatic carbocycles. The third kappa shape index (κ3) is 19.3. The smallest absolute Gasteiger partial charge is 0.157 e. The molecular formula is C22H49NO5P2. The van der Waals surface area contributed by atoms with E-state index in [0.717, 1.165) is 49.0 Å². The average molecular weight is 470 g/mol. The lowest BCUT2D eigenvalue weighted by Gasteiger charge is -2.19. The van der Waals surface area contributed by atoms with Crippen LogP contribution in [0.2, 0.25) is 0 Å². The predicted molar refractivity (Wildman–Crippen MR) is 132 cm³/mol. The van der Waals surface area contributed by atoms with Gasteiger partial charge >= 0.3 is 0 Å². The fourth-order valence-electron chi connectivity index (χ4n) is 3.13. The Labute approximate surface area is 189 Å². The van der Waals surface area contributed by atoms with E-state index in [1.54, 1.807) is 0 Å². The topological polar surface area (TPSA) is 72.2 Å². The van der Waals surface area contributed by atoms with E-state index in [-0.39, 0.29) is 12.6 Å². The summed E-state index contributed by atoms with van der Waals surface area (Å²) in [4.78, 5) is 0. The summed E-state index contributed by atoms with van der Waals surface area (Å²) in [7, 11) is 1.90. The van der Waals surface area contributed by atoms with Crippen LogP contribution in [0.15, 0.2) is 0 Å². The summed E-state index contributed by atoms with van der Waals surface area (Å²) < 4.78 is 28.5. The van der Waals surface area contributed by atoms with Crippen LogP contribution in [-0.2, 0) is 23.7 Å². The summed E-state index contributed by atoms with van der Waals surface area (Å²) in [5, 5.41) is 0. The molecule has 0 aliphatic heterocycles. The molecule has 0 fully saturated rings. The lowest BCUT2D eigenvalue weighted by molar-refractivity contribution is -0.136. The van der Waals surface area contributed by atoms with Gasteiger partial charge in [-0.3, -0.25) is 0 Å². The van der Waals surface area contributed by atoms with Crippen LogP contribution >= 0.6 is 17.2 Å². The van der Waals surface area contributed by atoms with Crippen molar-refractivity contribution < 1.29 is 23.7 Å². The second kappa shape index (κ2) is 24.3. The molecule has 8 heteroatoms. The van der Waals surface area contributed by atoms with Crippen molar-refractivity contribution in [1.82, 2.24) is 0 Å². The van der Waals surface area contributed by atoms with Gasteiger partial charge in [0.25, 0.3) is 0 Å². The second-order valence-electron chi connectivity index (χ2n) is 6.97. The van der Waals surface area contributed by atoms with Gasteiger partial charge in [-0.15, -0.1) is 17.2 Å². The van der Waals surface area contributed by atoms with Gasteiger partial charge in [-0.25, -0.2) is 0 Å². The highest BCUT2D eigenvalue weighted by Crippen LogP contribution is 2.22. The maximum atomic E-state index is 6.00. The maximum absolute atomic E-state index is 6.00. The quantitative estimate of drug-likeness (QED) is 0.128. The van der Waals surface area contributed by atoms with E-state index in [1.807, 2.05) is 27.7 Å². The van der Waals surface area contributed by atoms with E-state index in [4.69, 9.17) is 29.4 Å². The Morgan fingerprint density at radius 1 is 0.600 bits per heavy atom. The molecule has 0 bridgehead atoms. The Kier molecular flexibility index (Phi) is 24.8. The molecule has 30 heavy (non-hydrogen) atoms. The summed E-state index contributed by atoms with van der Waals surface area (Å²) in [6.45, 7) is 12.2. The molecule has 0 aromatic rings. The minimum atomic E-state index is -0.0390. The van der Waals surface area contributed by atoms with Crippen LogP contribution in [-0.4, -0.2) is 82.9 Å². The molecular weight excluding hydrogens is 420 g/mol. The van der Waals surface area contributed by atoms with Crippen molar-refractivity contribution in [3.8, 4) is 0 Å². The lowest BCUT2D eigenvalue weighted by Crippen LogP contribution is -2.20. The van der Waals surface area contributed by atoms with Crippen molar-refractivity contribution in [3.05, 3.63) is 0 Å². The van der Waals surface area contributed by atoms with E-state index >= 15 is 0 Å². The van der Waals surface area contributed by atoms with E-state index in [0.29, 0.717) is 45.7 Å². The van der Waals surface area contributed by atoms with Gasteiger partial charge in [0.2, 0.25) is 0 Å². The molecule has 0 rings (SSSR count). The second-order valence-corrected chi connectivity index (χ2v) is 9.97. The minimum absolute atomic E-state index is 0.0285. The Morgan fingerprint density at radius 2 is 1.07 bits per heavy atom. The van der Waals surface area contributed by atoms with Gasteiger partial charge in [-0.05, 0) is 71.6 Å². The van der Waals surface area contributed by atoms with Crippen molar-refractivity contribution in [1.29, 1.82) is 0 Å². The van der Waals surface area contributed by atoms with Gasteiger partial charge in [-0.2, -0.15) is 0 Å². The Morgan fingerprint density at radius 3 is 1.53 bits per heavy atom. The largest absolute Gasteiger partial charge is 0.377 e. The molecule has 2 N–H and O–H groups in total. The number of nitrogens with two attached hydrogens (primary N) is 1. The van der Waals surface area contributed by atoms with Crippen LogP contribution in [0.1, 0.15) is 59.8 Å². The molecule has 0 spiro atoms. The van der Waals surface area contributed by atoms with E-state index in [2.05, 4.69) is 0 Å². The Balaban J connectivity index is 3.91. The van der Waals surface area contributed by atoms with E-state index in [9.17, 15) is 0 Å². The van der Waals surface area contributed by atoms with Crippen LogP contribution in [0.4, 0.5) is 0 Å². The van der Waals surface area contributed by atoms with Crippen LogP contribution in [0.3, 0.4) is 0 Å². The molecule has 0 amide bonds. The molecule has 0 heterocycles. The number of rotatable bonds is 24. The summed E-state index contributed by atoms with van der Waals surface area (Å²) in [6, 6.07) is 0. The van der Waals surface area contributed by atoms with Crippen molar-refractivity contribution >= 4 is 17.2 Å². The van der Waals surface area contributed by atoms with Gasteiger partial charge in [0.05, 0.1) is 12.7 Å². The Bertz CT molecular complexity index is 331. The van der Waals surface area contributed by atoms with Gasteiger partial charge in [0, 0.05) is 45.8 Å². The highest BCUT2D eigenvalue weighted by Gasteiger charge is 2.11. The molecule has 6 nitrogen and oxygen atoms in total. The third-order valence-electron chi connectivity index (χ3n) is 4.52. The molecule has 182 valence electrons. The zero-order valence-electron chi connectivity index (χ0n) is 20.0. The Hall–Kier alpha value is 0.620. The first-order valence-corrected chi connectivity index (χ1v) is 14.7. The van der Waals surface area contributed by atoms with Crippen molar-refractivity contribution in [2.45, 2.75) is 78.5 Å². The molecule has 0 radical (unpaired) electrons. The first-order chi connectivity index (χ1) is 14.7. The maximum Gasteiger partial charge on any atom is 0.157 e. The molecule has 0 aromatic carbocycles. The SMILES string of the molecule is CCOC(CCPCCCC(CCPCCC(OCC)OCC)OCCN)OCC. The van der Waals surface area contributed by atoms with Gasteiger partial charge < -0.3 is 29.4 Å². The number of hydrogen-bond acceptors (Lipinski definition) is 6. The summed E-state index contributed by atoms with van der Waals surface area (Å²) in [5.41, 5.74) is 5.64. The van der Waals surface area contributed by atoms with Crippen molar-refractivity contribution in [2.24, 2.45) is 5.73 Å². The molecule has 0 aromatic heterocycles.